The molecule has 4 aromatic rings. The first kappa shape index (κ1) is 22.1. The van der Waals surface area contributed by atoms with E-state index in [0.29, 0.717) is 45.8 Å². The standard InChI is InChI=1S/C24H20N2O6S/c1-16-21(14-24(28)29)22-13-17(25-15-27)7-12-23(22)26(16)33(30,31)20-10-8-19(9-11-20)32-18-5-3-2-4-6-18/h2-13,15H,14H2,1H3,(H,25,27)(H,28,29). The first-order valence-electron chi connectivity index (χ1n) is 9.95. The van der Waals surface area contributed by atoms with Gasteiger partial charge in [0.1, 0.15) is 11.5 Å². The van der Waals surface area contributed by atoms with E-state index in [1.54, 1.807) is 49.4 Å². The summed E-state index contributed by atoms with van der Waals surface area (Å²) in [5.74, 6) is 0.00879. The summed E-state index contributed by atoms with van der Waals surface area (Å²) < 4.78 is 34.0. The third-order valence-corrected chi connectivity index (χ3v) is 7.00. The Labute approximate surface area is 190 Å². The number of ether oxygens (including phenoxy) is 1. The van der Waals surface area contributed by atoms with Gasteiger partial charge in [-0.05, 0) is 67.1 Å². The zero-order valence-electron chi connectivity index (χ0n) is 17.6. The molecule has 4 rings (SSSR count). The SMILES string of the molecule is Cc1c(CC(=O)O)c2cc(NC=O)ccc2n1S(=O)(=O)c1ccc(Oc2ccccc2)cc1. The highest BCUT2D eigenvalue weighted by atomic mass is 32.2. The maximum Gasteiger partial charge on any atom is 0.307 e. The van der Waals surface area contributed by atoms with E-state index in [2.05, 4.69) is 5.32 Å². The van der Waals surface area contributed by atoms with Gasteiger partial charge in [0.05, 0.1) is 16.8 Å². The molecule has 2 N–H and O–H groups in total. The summed E-state index contributed by atoms with van der Waals surface area (Å²) in [6.45, 7) is 1.57. The maximum absolute atomic E-state index is 13.6. The quantitative estimate of drug-likeness (QED) is 0.378. The maximum atomic E-state index is 13.6. The number of hydrogen-bond acceptors (Lipinski definition) is 5. The molecule has 33 heavy (non-hydrogen) atoms. The molecule has 0 unspecified atom stereocenters. The lowest BCUT2D eigenvalue weighted by atomic mass is 10.1. The zero-order valence-corrected chi connectivity index (χ0v) is 18.4. The molecule has 0 spiro atoms. The van der Waals surface area contributed by atoms with Crippen LogP contribution in [0.5, 0.6) is 11.5 Å². The van der Waals surface area contributed by atoms with Gasteiger partial charge >= 0.3 is 5.97 Å². The Bertz CT molecular complexity index is 1440. The Kier molecular flexibility index (Phi) is 5.89. The number of nitrogens with zero attached hydrogens (tertiary/aromatic N) is 1. The van der Waals surface area contributed by atoms with Crippen molar-refractivity contribution < 1.29 is 27.9 Å². The molecule has 1 aromatic heterocycles. The number of carboxylic acid groups (broad SMARTS) is 1. The fraction of sp³-hybridized carbons (Fsp3) is 0.0833. The molecule has 0 fully saturated rings. The Morgan fingerprint density at radius 2 is 1.70 bits per heavy atom. The van der Waals surface area contributed by atoms with Crippen LogP contribution in [0.4, 0.5) is 5.69 Å². The molecule has 1 amide bonds. The highest BCUT2D eigenvalue weighted by Gasteiger charge is 2.26. The van der Waals surface area contributed by atoms with Gasteiger partial charge in [0, 0.05) is 16.8 Å². The molecule has 0 saturated carbocycles. The third-order valence-electron chi connectivity index (χ3n) is 5.18. The Hall–Kier alpha value is -4.11. The van der Waals surface area contributed by atoms with Crippen molar-refractivity contribution in [3.05, 3.63) is 84.1 Å². The van der Waals surface area contributed by atoms with Crippen LogP contribution in [-0.4, -0.2) is 29.9 Å². The van der Waals surface area contributed by atoms with Crippen LogP contribution in [0.1, 0.15) is 11.3 Å². The fourth-order valence-electron chi connectivity index (χ4n) is 3.70. The minimum atomic E-state index is -4.05. The number of anilines is 1. The van der Waals surface area contributed by atoms with Crippen molar-refractivity contribution in [1.82, 2.24) is 3.97 Å². The summed E-state index contributed by atoms with van der Waals surface area (Å²) in [6, 6.07) is 19.8. The number of carbonyl (C=O) groups excluding carboxylic acids is 1. The van der Waals surface area contributed by atoms with E-state index in [1.165, 1.54) is 12.1 Å². The minimum absolute atomic E-state index is 0.0277. The highest BCUT2D eigenvalue weighted by Crippen LogP contribution is 2.33. The first-order valence-corrected chi connectivity index (χ1v) is 11.4. The number of hydrogen-bond donors (Lipinski definition) is 2. The second-order valence-electron chi connectivity index (χ2n) is 7.28. The van der Waals surface area contributed by atoms with E-state index in [9.17, 15) is 23.1 Å². The van der Waals surface area contributed by atoms with Gasteiger partial charge in [-0.15, -0.1) is 0 Å². The molecule has 8 nitrogen and oxygen atoms in total. The molecule has 3 aromatic carbocycles. The molecular weight excluding hydrogens is 444 g/mol. The molecule has 0 aliphatic rings. The van der Waals surface area contributed by atoms with Gasteiger partial charge in [0.25, 0.3) is 10.0 Å². The van der Waals surface area contributed by atoms with Crippen LogP contribution >= 0.6 is 0 Å². The first-order chi connectivity index (χ1) is 15.8. The van der Waals surface area contributed by atoms with E-state index in [1.807, 2.05) is 18.2 Å². The van der Waals surface area contributed by atoms with Gasteiger partial charge < -0.3 is 15.2 Å². The highest BCUT2D eigenvalue weighted by molar-refractivity contribution is 7.90. The van der Waals surface area contributed by atoms with Gasteiger partial charge in [0.2, 0.25) is 6.41 Å². The van der Waals surface area contributed by atoms with Gasteiger partial charge in [-0.2, -0.15) is 0 Å². The van der Waals surface area contributed by atoms with Crippen LogP contribution in [-0.2, 0) is 26.0 Å². The molecule has 0 aliphatic heterocycles. The molecule has 0 atom stereocenters. The van der Waals surface area contributed by atoms with Crippen LogP contribution in [0.2, 0.25) is 0 Å². The van der Waals surface area contributed by atoms with E-state index in [-0.39, 0.29) is 11.3 Å². The van der Waals surface area contributed by atoms with Gasteiger partial charge in [0.15, 0.2) is 0 Å². The second kappa shape index (κ2) is 8.79. The molecule has 0 saturated heterocycles. The summed E-state index contributed by atoms with van der Waals surface area (Å²) in [5, 5.41) is 12.3. The normalized spacial score (nSPS) is 11.3. The summed E-state index contributed by atoms with van der Waals surface area (Å²) in [7, 11) is -4.05. The third kappa shape index (κ3) is 4.31. The average molecular weight is 464 g/mol. The van der Waals surface area contributed by atoms with Crippen molar-refractivity contribution in [1.29, 1.82) is 0 Å². The van der Waals surface area contributed by atoms with Crippen molar-refractivity contribution in [3.8, 4) is 11.5 Å². The number of amides is 1. The van der Waals surface area contributed by atoms with Gasteiger partial charge in [-0.1, -0.05) is 18.2 Å². The van der Waals surface area contributed by atoms with Gasteiger partial charge in [-0.3, -0.25) is 9.59 Å². The summed E-state index contributed by atoms with van der Waals surface area (Å²) in [4.78, 5) is 22.3. The van der Waals surface area contributed by atoms with E-state index in [0.717, 1.165) is 3.97 Å². The van der Waals surface area contributed by atoms with Crippen molar-refractivity contribution in [2.24, 2.45) is 0 Å². The Balaban J connectivity index is 1.79. The number of benzene rings is 3. The summed E-state index contributed by atoms with van der Waals surface area (Å²) >= 11 is 0. The van der Waals surface area contributed by atoms with Crippen molar-refractivity contribution >= 4 is 39.0 Å². The fourth-order valence-corrected chi connectivity index (χ4v) is 5.28. The Morgan fingerprint density at radius 1 is 1.03 bits per heavy atom. The molecule has 0 aliphatic carbocycles. The molecule has 0 radical (unpaired) electrons. The smallest absolute Gasteiger partial charge is 0.307 e. The van der Waals surface area contributed by atoms with Crippen LogP contribution < -0.4 is 10.1 Å². The number of carbonyl (C=O) groups is 2. The van der Waals surface area contributed by atoms with E-state index < -0.39 is 16.0 Å². The number of carboxylic acids is 1. The number of nitrogens with one attached hydrogen (secondary N) is 1. The predicted octanol–water partition coefficient (Wildman–Crippen LogP) is 4.17. The number of fused-ring (bicyclic) bond motifs is 1. The number of para-hydroxylation sites is 1. The Morgan fingerprint density at radius 3 is 2.33 bits per heavy atom. The number of aromatic nitrogens is 1. The van der Waals surface area contributed by atoms with Crippen molar-refractivity contribution in [2.45, 2.75) is 18.2 Å². The van der Waals surface area contributed by atoms with E-state index in [4.69, 9.17) is 4.74 Å². The molecular formula is C24H20N2O6S. The van der Waals surface area contributed by atoms with Crippen LogP contribution in [0.3, 0.4) is 0 Å². The second-order valence-corrected chi connectivity index (χ2v) is 9.07. The lowest BCUT2D eigenvalue weighted by Gasteiger charge is -2.12. The van der Waals surface area contributed by atoms with Crippen LogP contribution in [0, 0.1) is 6.92 Å². The molecule has 9 heteroatoms. The van der Waals surface area contributed by atoms with Crippen LogP contribution in [0.15, 0.2) is 77.7 Å². The lowest BCUT2D eigenvalue weighted by molar-refractivity contribution is -0.136. The molecule has 0 bridgehead atoms. The van der Waals surface area contributed by atoms with E-state index >= 15 is 0 Å². The summed E-state index contributed by atoms with van der Waals surface area (Å²) in [5.41, 5.74) is 1.41. The lowest BCUT2D eigenvalue weighted by Crippen LogP contribution is -2.15. The topological polar surface area (TPSA) is 115 Å². The van der Waals surface area contributed by atoms with Crippen molar-refractivity contribution in [2.75, 3.05) is 5.32 Å². The van der Waals surface area contributed by atoms with Crippen LogP contribution in [0.25, 0.3) is 10.9 Å². The zero-order chi connectivity index (χ0) is 23.6. The minimum Gasteiger partial charge on any atom is -0.481 e. The molecule has 1 heterocycles. The predicted molar refractivity (Wildman–Crippen MR) is 123 cm³/mol. The largest absolute Gasteiger partial charge is 0.481 e. The molecule has 168 valence electrons. The number of rotatable bonds is 8. The van der Waals surface area contributed by atoms with Gasteiger partial charge in [-0.25, -0.2) is 12.4 Å². The monoisotopic (exact) mass is 464 g/mol. The summed E-state index contributed by atoms with van der Waals surface area (Å²) in [6.07, 6.45) is 0.136. The van der Waals surface area contributed by atoms with Crippen molar-refractivity contribution in [3.63, 3.8) is 0 Å². The average Bonchev–Trinajstić information content (AvgIpc) is 3.06. The number of aliphatic carboxylic acids is 1.